The summed E-state index contributed by atoms with van der Waals surface area (Å²) in [5.74, 6) is 0.319. The first kappa shape index (κ1) is 23.1. The zero-order valence-corrected chi connectivity index (χ0v) is 19.1. The SMILES string of the molecule is CCCc1ccc(OCc2nc(-c3ccccc3OCc3ccccc3)ccc2C(=O)O)cc1. The standard InChI is InChI=1S/C29H27NO4/c1-2-8-21-13-15-23(16-14-21)33-20-27-25(29(31)32)17-18-26(30-27)24-11-6-7-12-28(24)34-19-22-9-4-3-5-10-22/h3-7,9-18H,2,8,19-20H2,1H3,(H,31,32). The molecule has 0 aliphatic heterocycles. The molecule has 0 radical (unpaired) electrons. The fourth-order valence-electron chi connectivity index (χ4n) is 3.69. The molecule has 34 heavy (non-hydrogen) atoms. The third-order valence-electron chi connectivity index (χ3n) is 5.44. The molecule has 3 aromatic carbocycles. The average molecular weight is 454 g/mol. The maximum atomic E-state index is 11.8. The molecule has 1 aromatic heterocycles. The van der Waals surface area contributed by atoms with E-state index in [1.807, 2.05) is 78.9 Å². The number of pyridine rings is 1. The van der Waals surface area contributed by atoms with E-state index in [1.54, 1.807) is 12.1 Å². The molecule has 1 heterocycles. The summed E-state index contributed by atoms with van der Waals surface area (Å²) in [6, 6.07) is 28.7. The van der Waals surface area contributed by atoms with Crippen molar-refractivity contribution in [3.63, 3.8) is 0 Å². The fraction of sp³-hybridized carbons (Fsp3) is 0.172. The number of aryl methyl sites for hydroxylation is 1. The minimum atomic E-state index is -1.04. The second-order valence-electron chi connectivity index (χ2n) is 7.95. The van der Waals surface area contributed by atoms with Crippen molar-refractivity contribution in [3.05, 3.63) is 113 Å². The lowest BCUT2D eigenvalue weighted by Crippen LogP contribution is -2.09. The predicted molar refractivity (Wildman–Crippen MR) is 132 cm³/mol. The number of ether oxygens (including phenoxy) is 2. The van der Waals surface area contributed by atoms with Crippen LogP contribution in [-0.2, 0) is 19.6 Å². The van der Waals surface area contributed by atoms with Gasteiger partial charge in [0, 0.05) is 5.56 Å². The molecule has 5 nitrogen and oxygen atoms in total. The first-order chi connectivity index (χ1) is 16.6. The Morgan fingerprint density at radius 1 is 0.794 bits per heavy atom. The topological polar surface area (TPSA) is 68.7 Å². The van der Waals surface area contributed by atoms with Crippen LogP contribution in [0.1, 0.15) is 40.5 Å². The van der Waals surface area contributed by atoms with E-state index >= 15 is 0 Å². The van der Waals surface area contributed by atoms with E-state index in [-0.39, 0.29) is 12.2 Å². The summed E-state index contributed by atoms with van der Waals surface area (Å²) >= 11 is 0. The number of hydrogen-bond acceptors (Lipinski definition) is 4. The third kappa shape index (κ3) is 5.81. The van der Waals surface area contributed by atoms with E-state index < -0.39 is 5.97 Å². The number of aromatic nitrogens is 1. The van der Waals surface area contributed by atoms with Crippen LogP contribution < -0.4 is 9.47 Å². The van der Waals surface area contributed by atoms with Crippen LogP contribution in [0.25, 0.3) is 11.3 Å². The highest BCUT2D eigenvalue weighted by molar-refractivity contribution is 5.89. The zero-order chi connectivity index (χ0) is 23.8. The van der Waals surface area contributed by atoms with Gasteiger partial charge >= 0.3 is 5.97 Å². The van der Waals surface area contributed by atoms with Crippen molar-refractivity contribution in [2.45, 2.75) is 33.0 Å². The molecular weight excluding hydrogens is 426 g/mol. The second kappa shape index (κ2) is 11.1. The van der Waals surface area contributed by atoms with Crippen molar-refractivity contribution in [3.8, 4) is 22.8 Å². The molecule has 0 spiro atoms. The molecule has 1 N–H and O–H groups in total. The largest absolute Gasteiger partial charge is 0.488 e. The Hall–Kier alpha value is -4.12. The van der Waals surface area contributed by atoms with Gasteiger partial charge in [-0.1, -0.05) is 67.9 Å². The Bertz CT molecular complexity index is 1240. The summed E-state index contributed by atoms with van der Waals surface area (Å²) in [4.78, 5) is 16.5. The van der Waals surface area contributed by atoms with Crippen LogP contribution in [0, 0.1) is 0 Å². The predicted octanol–water partition coefficient (Wildman–Crippen LogP) is 6.56. The van der Waals surface area contributed by atoms with E-state index in [0.29, 0.717) is 29.5 Å². The molecule has 4 aromatic rings. The minimum Gasteiger partial charge on any atom is -0.488 e. The quantitative estimate of drug-likeness (QED) is 0.295. The molecule has 5 heteroatoms. The molecule has 0 aliphatic rings. The van der Waals surface area contributed by atoms with Gasteiger partial charge in [0.05, 0.1) is 17.0 Å². The van der Waals surface area contributed by atoms with Crippen LogP contribution >= 0.6 is 0 Å². The summed E-state index contributed by atoms with van der Waals surface area (Å²) in [5, 5.41) is 9.66. The van der Waals surface area contributed by atoms with Gasteiger partial charge in [-0.25, -0.2) is 9.78 Å². The van der Waals surface area contributed by atoms with Crippen LogP contribution in [0.5, 0.6) is 11.5 Å². The lowest BCUT2D eigenvalue weighted by atomic mass is 10.1. The monoisotopic (exact) mass is 453 g/mol. The lowest BCUT2D eigenvalue weighted by molar-refractivity contribution is 0.0693. The van der Waals surface area contributed by atoms with Gasteiger partial charge in [0.25, 0.3) is 0 Å². The molecule has 0 fully saturated rings. The molecule has 0 amide bonds. The first-order valence-corrected chi connectivity index (χ1v) is 11.3. The minimum absolute atomic E-state index is 0.0512. The Morgan fingerprint density at radius 2 is 1.53 bits per heavy atom. The van der Waals surface area contributed by atoms with E-state index in [9.17, 15) is 9.90 Å². The Kier molecular flexibility index (Phi) is 7.56. The highest BCUT2D eigenvalue weighted by atomic mass is 16.5. The average Bonchev–Trinajstić information content (AvgIpc) is 2.88. The number of aromatic carboxylic acids is 1. The zero-order valence-electron chi connectivity index (χ0n) is 19.1. The number of nitrogens with zero attached hydrogens (tertiary/aromatic N) is 1. The summed E-state index contributed by atoms with van der Waals surface area (Å²) in [7, 11) is 0. The van der Waals surface area contributed by atoms with E-state index in [1.165, 1.54) is 5.56 Å². The number of rotatable bonds is 10. The van der Waals surface area contributed by atoms with Crippen molar-refractivity contribution in [1.82, 2.24) is 4.98 Å². The van der Waals surface area contributed by atoms with Crippen LogP contribution in [0.4, 0.5) is 0 Å². The summed E-state index contributed by atoms with van der Waals surface area (Å²) in [6.45, 7) is 2.62. The second-order valence-corrected chi connectivity index (χ2v) is 7.95. The van der Waals surface area contributed by atoms with Gasteiger partial charge < -0.3 is 14.6 Å². The van der Waals surface area contributed by atoms with Gasteiger partial charge in [0.1, 0.15) is 24.7 Å². The number of para-hydroxylation sites is 1. The normalized spacial score (nSPS) is 10.6. The summed E-state index contributed by atoms with van der Waals surface area (Å²) in [6.07, 6.45) is 2.09. The summed E-state index contributed by atoms with van der Waals surface area (Å²) < 4.78 is 12.0. The van der Waals surface area contributed by atoms with E-state index in [0.717, 1.165) is 24.0 Å². The van der Waals surface area contributed by atoms with Gasteiger partial charge in [-0.3, -0.25) is 0 Å². The Morgan fingerprint density at radius 3 is 2.26 bits per heavy atom. The molecule has 0 bridgehead atoms. The van der Waals surface area contributed by atoms with Gasteiger partial charge in [-0.05, 0) is 53.9 Å². The van der Waals surface area contributed by atoms with Crippen LogP contribution in [-0.4, -0.2) is 16.1 Å². The van der Waals surface area contributed by atoms with Crippen molar-refractivity contribution in [2.24, 2.45) is 0 Å². The lowest BCUT2D eigenvalue weighted by Gasteiger charge is -2.14. The van der Waals surface area contributed by atoms with Crippen LogP contribution in [0.3, 0.4) is 0 Å². The van der Waals surface area contributed by atoms with Crippen molar-refractivity contribution >= 4 is 5.97 Å². The molecule has 0 saturated heterocycles. The number of hydrogen-bond donors (Lipinski definition) is 1. The molecule has 0 aliphatic carbocycles. The van der Waals surface area contributed by atoms with E-state index in [2.05, 4.69) is 11.9 Å². The number of carboxylic acids is 1. The third-order valence-corrected chi connectivity index (χ3v) is 5.44. The van der Waals surface area contributed by atoms with Crippen LogP contribution in [0.2, 0.25) is 0 Å². The Balaban J connectivity index is 1.56. The maximum absolute atomic E-state index is 11.8. The van der Waals surface area contributed by atoms with Crippen LogP contribution in [0.15, 0.2) is 91.0 Å². The number of carboxylic acid groups (broad SMARTS) is 1. The van der Waals surface area contributed by atoms with Crippen molar-refractivity contribution < 1.29 is 19.4 Å². The summed E-state index contributed by atoms with van der Waals surface area (Å²) in [5.41, 5.74) is 4.21. The number of carbonyl (C=O) groups is 1. The molecule has 4 rings (SSSR count). The molecule has 172 valence electrons. The molecule has 0 saturated carbocycles. The maximum Gasteiger partial charge on any atom is 0.337 e. The van der Waals surface area contributed by atoms with Gasteiger partial charge in [-0.2, -0.15) is 0 Å². The smallest absolute Gasteiger partial charge is 0.337 e. The van der Waals surface area contributed by atoms with Gasteiger partial charge in [-0.15, -0.1) is 0 Å². The number of benzene rings is 3. The highest BCUT2D eigenvalue weighted by Gasteiger charge is 2.16. The molecule has 0 unspecified atom stereocenters. The highest BCUT2D eigenvalue weighted by Crippen LogP contribution is 2.30. The fourth-order valence-corrected chi connectivity index (χ4v) is 3.69. The van der Waals surface area contributed by atoms with Gasteiger partial charge in [0.15, 0.2) is 0 Å². The van der Waals surface area contributed by atoms with Crippen molar-refractivity contribution in [2.75, 3.05) is 0 Å². The molecular formula is C29H27NO4. The van der Waals surface area contributed by atoms with Crippen molar-refractivity contribution in [1.29, 1.82) is 0 Å². The molecule has 0 atom stereocenters. The van der Waals surface area contributed by atoms with E-state index in [4.69, 9.17) is 9.47 Å². The first-order valence-electron chi connectivity index (χ1n) is 11.3. The van der Waals surface area contributed by atoms with Gasteiger partial charge in [0.2, 0.25) is 0 Å². The Labute approximate surface area is 199 Å².